The molecule has 7 heteroatoms. The fourth-order valence-corrected chi connectivity index (χ4v) is 2.42. The summed E-state index contributed by atoms with van der Waals surface area (Å²) < 4.78 is 10.4. The van der Waals surface area contributed by atoms with Gasteiger partial charge in [-0.1, -0.05) is 27.7 Å². The second-order valence-electron chi connectivity index (χ2n) is 6.66. The number of hydrogen-bond donors (Lipinski definition) is 1. The first-order valence-corrected chi connectivity index (χ1v) is 9.82. The van der Waals surface area contributed by atoms with Crippen molar-refractivity contribution in [3.63, 3.8) is 0 Å². The lowest BCUT2D eigenvalue weighted by atomic mass is 9.96. The van der Waals surface area contributed by atoms with Gasteiger partial charge in [-0.3, -0.25) is 4.79 Å². The monoisotopic (exact) mass is 317 g/mol. The predicted octanol–water partition coefficient (Wildman–Crippen LogP) is 3.18. The highest BCUT2D eigenvalue weighted by Gasteiger charge is 2.38. The van der Waals surface area contributed by atoms with E-state index in [0.29, 0.717) is 6.61 Å². The summed E-state index contributed by atoms with van der Waals surface area (Å²) >= 11 is 0. The van der Waals surface area contributed by atoms with Crippen LogP contribution in [0.25, 0.3) is 0 Å². The van der Waals surface area contributed by atoms with Gasteiger partial charge in [-0.25, -0.2) is 4.79 Å². The van der Waals surface area contributed by atoms with Gasteiger partial charge in [0, 0.05) is 12.8 Å². The summed E-state index contributed by atoms with van der Waals surface area (Å²) in [4.78, 5) is 25.7. The van der Waals surface area contributed by atoms with E-state index in [2.05, 4.69) is 43.6 Å². The fraction of sp³-hybridized carbons (Fsp3) is 0.786. The molecule has 1 N–H and O–H groups in total. The Balaban J connectivity index is 4.79. The minimum Gasteiger partial charge on any atom is -0.481 e. The average Bonchev–Trinajstić information content (AvgIpc) is 2.34. The highest BCUT2D eigenvalue weighted by Crippen LogP contribution is 2.37. The van der Waals surface area contributed by atoms with Crippen molar-refractivity contribution in [1.82, 2.24) is 0 Å². The number of aliphatic imine (C=N–C) groups is 1. The molecule has 0 spiro atoms. The highest BCUT2D eigenvalue weighted by atomic mass is 28.4. The third kappa shape index (κ3) is 6.39. The summed E-state index contributed by atoms with van der Waals surface area (Å²) in [6.07, 6.45) is 0.312. The Bertz CT molecular complexity index is 401. The first-order chi connectivity index (χ1) is 9.42. The number of hydrogen-bond acceptors (Lipinski definition) is 4. The van der Waals surface area contributed by atoms with Crippen molar-refractivity contribution in [3.05, 3.63) is 0 Å². The van der Waals surface area contributed by atoms with Gasteiger partial charge in [-0.15, -0.1) is 0 Å². The van der Waals surface area contributed by atoms with E-state index in [0.717, 1.165) is 6.21 Å². The molecule has 0 radical (unpaired) electrons. The first-order valence-electron chi connectivity index (χ1n) is 6.91. The van der Waals surface area contributed by atoms with Crippen LogP contribution in [0.3, 0.4) is 0 Å². The molecule has 21 heavy (non-hydrogen) atoms. The van der Waals surface area contributed by atoms with Gasteiger partial charge in [0.15, 0.2) is 8.32 Å². The Morgan fingerprint density at radius 1 is 1.33 bits per heavy atom. The number of amides is 1. The molecular formula is C14H27NO5Si. The average molecular weight is 317 g/mol. The van der Waals surface area contributed by atoms with Crippen LogP contribution in [0.1, 0.15) is 27.7 Å². The Morgan fingerprint density at radius 2 is 1.86 bits per heavy atom. The molecule has 0 rings (SSSR count). The Morgan fingerprint density at radius 3 is 2.24 bits per heavy atom. The third-order valence-corrected chi connectivity index (χ3v) is 8.43. The van der Waals surface area contributed by atoms with Crippen molar-refractivity contribution in [3.8, 4) is 0 Å². The quantitative estimate of drug-likeness (QED) is 0.600. The van der Waals surface area contributed by atoms with Crippen molar-refractivity contribution < 1.29 is 23.9 Å². The summed E-state index contributed by atoms with van der Waals surface area (Å²) in [6.45, 7) is 12.7. The van der Waals surface area contributed by atoms with Gasteiger partial charge in [-0.05, 0) is 24.1 Å². The summed E-state index contributed by atoms with van der Waals surface area (Å²) in [5.41, 5.74) is 0. The van der Waals surface area contributed by atoms with Crippen molar-refractivity contribution >= 4 is 26.6 Å². The zero-order valence-corrected chi connectivity index (χ0v) is 15.0. The largest absolute Gasteiger partial charge is 0.481 e. The maximum absolute atomic E-state index is 11.3. The number of carboxylic acids is 1. The van der Waals surface area contributed by atoms with Crippen LogP contribution in [-0.2, 0) is 14.0 Å². The molecule has 0 fully saturated rings. The molecule has 0 bridgehead atoms. The van der Waals surface area contributed by atoms with Crippen LogP contribution >= 0.6 is 0 Å². The zero-order valence-electron chi connectivity index (χ0n) is 14.0. The second-order valence-corrected chi connectivity index (χ2v) is 11.5. The van der Waals surface area contributed by atoms with E-state index in [1.54, 1.807) is 6.92 Å². The van der Waals surface area contributed by atoms with Crippen LogP contribution in [0.15, 0.2) is 4.99 Å². The van der Waals surface area contributed by atoms with Crippen molar-refractivity contribution in [2.24, 2.45) is 16.8 Å². The standard InChI is InChI=1S/C14H27NO5Si/c1-10(9-20-21(6,7)14(2,3)4)11(12(16)17)8-15-13(18)19-5/h8,10-11H,9H2,1-7H3,(H,16,17)/b15-8-. The Kier molecular flexibility index (Phi) is 7.25. The van der Waals surface area contributed by atoms with E-state index >= 15 is 0 Å². The SMILES string of the molecule is COC(=O)/N=C\C(C(=O)O)C(C)CO[Si](C)(C)C(C)(C)C. The van der Waals surface area contributed by atoms with Crippen LogP contribution in [0.2, 0.25) is 18.1 Å². The number of ether oxygens (including phenoxy) is 1. The maximum Gasteiger partial charge on any atom is 0.432 e. The van der Waals surface area contributed by atoms with Crippen molar-refractivity contribution in [2.75, 3.05) is 13.7 Å². The molecular weight excluding hydrogens is 290 g/mol. The van der Waals surface area contributed by atoms with E-state index in [-0.39, 0.29) is 11.0 Å². The van der Waals surface area contributed by atoms with Crippen LogP contribution in [-0.4, -0.2) is 45.4 Å². The molecule has 0 aromatic rings. The predicted molar refractivity (Wildman–Crippen MR) is 84.3 cm³/mol. The number of nitrogens with zero attached hydrogens (tertiary/aromatic N) is 1. The van der Waals surface area contributed by atoms with Gasteiger partial charge in [0.2, 0.25) is 0 Å². The number of rotatable bonds is 6. The lowest BCUT2D eigenvalue weighted by Gasteiger charge is -2.37. The molecule has 0 heterocycles. The Hall–Kier alpha value is -1.21. The number of carboxylic acid groups (broad SMARTS) is 1. The van der Waals surface area contributed by atoms with Crippen LogP contribution in [0, 0.1) is 11.8 Å². The van der Waals surface area contributed by atoms with E-state index in [1.165, 1.54) is 7.11 Å². The van der Waals surface area contributed by atoms with E-state index in [9.17, 15) is 14.7 Å². The fourth-order valence-electron chi connectivity index (χ4n) is 1.31. The first kappa shape index (κ1) is 19.8. The molecule has 2 unspecified atom stereocenters. The number of aliphatic carboxylic acids is 1. The summed E-state index contributed by atoms with van der Waals surface area (Å²) in [5, 5.41) is 9.29. The van der Waals surface area contributed by atoms with E-state index in [4.69, 9.17) is 4.43 Å². The number of carbonyl (C=O) groups is 2. The summed E-state index contributed by atoms with van der Waals surface area (Å²) in [7, 11) is -0.735. The molecule has 2 atom stereocenters. The molecule has 0 saturated heterocycles. The molecule has 0 aliphatic carbocycles. The van der Waals surface area contributed by atoms with Gasteiger partial charge in [-0.2, -0.15) is 4.99 Å². The van der Waals surface area contributed by atoms with Gasteiger partial charge in [0.25, 0.3) is 0 Å². The van der Waals surface area contributed by atoms with E-state index in [1.807, 2.05) is 0 Å². The van der Waals surface area contributed by atoms with Crippen LogP contribution < -0.4 is 0 Å². The summed E-state index contributed by atoms with van der Waals surface area (Å²) in [6, 6.07) is 0. The third-order valence-electron chi connectivity index (χ3n) is 3.93. The molecule has 0 aromatic heterocycles. The lowest BCUT2D eigenvalue weighted by Crippen LogP contribution is -2.42. The lowest BCUT2D eigenvalue weighted by molar-refractivity contribution is -0.140. The molecule has 0 aliphatic rings. The molecule has 122 valence electrons. The van der Waals surface area contributed by atoms with Crippen LogP contribution in [0.4, 0.5) is 4.79 Å². The minimum atomic E-state index is -1.93. The second kappa shape index (κ2) is 7.70. The highest BCUT2D eigenvalue weighted by molar-refractivity contribution is 6.74. The smallest absolute Gasteiger partial charge is 0.432 e. The van der Waals surface area contributed by atoms with Gasteiger partial charge in [0.1, 0.15) is 0 Å². The van der Waals surface area contributed by atoms with Gasteiger partial charge < -0.3 is 14.3 Å². The van der Waals surface area contributed by atoms with Crippen LogP contribution in [0.5, 0.6) is 0 Å². The van der Waals surface area contributed by atoms with Gasteiger partial charge >= 0.3 is 12.1 Å². The molecule has 1 amide bonds. The molecule has 0 aromatic carbocycles. The normalized spacial score (nSPS) is 15.8. The zero-order chi connectivity index (χ0) is 16.8. The molecule has 0 aliphatic heterocycles. The minimum absolute atomic E-state index is 0.0611. The topological polar surface area (TPSA) is 85.2 Å². The van der Waals surface area contributed by atoms with E-state index < -0.39 is 26.3 Å². The van der Waals surface area contributed by atoms with Crippen molar-refractivity contribution in [2.45, 2.75) is 45.8 Å². The van der Waals surface area contributed by atoms with Crippen molar-refractivity contribution in [1.29, 1.82) is 0 Å². The summed E-state index contributed by atoms with van der Waals surface area (Å²) in [5.74, 6) is -2.20. The number of carbonyl (C=O) groups excluding carboxylic acids is 1. The Labute approximate surface area is 127 Å². The maximum atomic E-state index is 11.3. The molecule has 0 saturated carbocycles. The number of methoxy groups -OCH3 is 1. The molecule has 6 nitrogen and oxygen atoms in total. The van der Waals surface area contributed by atoms with Gasteiger partial charge in [0.05, 0.1) is 13.0 Å².